The summed E-state index contributed by atoms with van der Waals surface area (Å²) >= 11 is 0. The van der Waals surface area contributed by atoms with Gasteiger partial charge in [0.25, 0.3) is 5.91 Å². The minimum atomic E-state index is -4.79. The van der Waals surface area contributed by atoms with Crippen molar-refractivity contribution in [1.29, 1.82) is 0 Å². The predicted octanol–water partition coefficient (Wildman–Crippen LogP) is 4.82. The van der Waals surface area contributed by atoms with Gasteiger partial charge in [-0.15, -0.1) is 0 Å². The van der Waals surface area contributed by atoms with E-state index in [-0.39, 0.29) is 18.0 Å². The number of rotatable bonds is 3. The summed E-state index contributed by atoms with van der Waals surface area (Å²) in [6.45, 7) is 0.168. The van der Waals surface area contributed by atoms with E-state index in [0.717, 1.165) is 29.7 Å². The monoisotopic (exact) mass is 406 g/mol. The van der Waals surface area contributed by atoms with Crippen molar-refractivity contribution in [2.24, 2.45) is 10.9 Å². The van der Waals surface area contributed by atoms with E-state index in [1.807, 2.05) is 0 Å². The summed E-state index contributed by atoms with van der Waals surface area (Å²) in [5.41, 5.74) is -3.29. The van der Waals surface area contributed by atoms with Crippen LogP contribution in [0.2, 0.25) is 0 Å². The summed E-state index contributed by atoms with van der Waals surface area (Å²) in [5, 5.41) is 0. The van der Waals surface area contributed by atoms with E-state index >= 15 is 0 Å². The van der Waals surface area contributed by atoms with Gasteiger partial charge in [0.2, 0.25) is 0 Å². The number of hydrogen-bond donors (Lipinski definition) is 0. The van der Waals surface area contributed by atoms with Crippen molar-refractivity contribution in [1.82, 2.24) is 4.57 Å². The second-order valence-electron chi connectivity index (χ2n) is 6.48. The molecular weight excluding hydrogens is 393 g/mol. The highest BCUT2D eigenvalue weighted by Crippen LogP contribution is 2.32. The molecule has 0 bridgehead atoms. The summed E-state index contributed by atoms with van der Waals surface area (Å²) in [6.07, 6.45) is -7.01. The molecule has 10 heteroatoms. The van der Waals surface area contributed by atoms with Crippen LogP contribution in [0.4, 0.5) is 30.7 Å². The molecule has 1 fully saturated rings. The number of carbonyl (C=O) groups is 1. The average molecular weight is 406 g/mol. The van der Waals surface area contributed by atoms with Gasteiger partial charge in [-0.05, 0) is 49.1 Å². The van der Waals surface area contributed by atoms with Crippen LogP contribution < -0.4 is 5.49 Å². The van der Waals surface area contributed by atoms with Crippen molar-refractivity contribution < 1.29 is 35.5 Å². The van der Waals surface area contributed by atoms with E-state index in [4.69, 9.17) is 0 Å². The normalized spacial score (nSPS) is 15.8. The molecule has 3 nitrogen and oxygen atoms in total. The lowest BCUT2D eigenvalue weighted by Crippen LogP contribution is -2.25. The van der Waals surface area contributed by atoms with Crippen LogP contribution >= 0.6 is 0 Å². The molecule has 0 spiro atoms. The summed E-state index contributed by atoms with van der Waals surface area (Å²) in [6, 6.07) is 2.96. The minimum absolute atomic E-state index is 0.128. The largest absolute Gasteiger partial charge is 0.417 e. The molecule has 3 rings (SSSR count). The van der Waals surface area contributed by atoms with Gasteiger partial charge < -0.3 is 4.57 Å². The molecule has 1 saturated carbocycles. The zero-order valence-corrected chi connectivity index (χ0v) is 14.1. The molecule has 1 aliphatic rings. The Balaban J connectivity index is 2.04. The van der Waals surface area contributed by atoms with Crippen molar-refractivity contribution in [2.75, 3.05) is 0 Å². The van der Waals surface area contributed by atoms with Crippen molar-refractivity contribution in [3.63, 3.8) is 0 Å². The van der Waals surface area contributed by atoms with E-state index < -0.39 is 40.8 Å². The molecule has 0 aliphatic heterocycles. The summed E-state index contributed by atoms with van der Waals surface area (Å²) in [7, 11) is 0. The topological polar surface area (TPSA) is 34.4 Å². The van der Waals surface area contributed by atoms with E-state index in [2.05, 4.69) is 4.99 Å². The molecule has 0 N–H and O–H groups in total. The van der Waals surface area contributed by atoms with Gasteiger partial charge in [0, 0.05) is 12.7 Å². The average Bonchev–Trinajstić information content (AvgIpc) is 3.38. The maximum atomic E-state index is 13.8. The Morgan fingerprint density at radius 1 is 1.00 bits per heavy atom. The molecule has 28 heavy (non-hydrogen) atoms. The maximum Gasteiger partial charge on any atom is 0.417 e. The first-order chi connectivity index (χ1) is 12.9. The summed E-state index contributed by atoms with van der Waals surface area (Å²) in [4.78, 5) is 15.8. The number of nitrogens with zero attached hydrogens (tertiary/aromatic N) is 2. The van der Waals surface area contributed by atoms with Crippen LogP contribution in [-0.2, 0) is 18.9 Å². The minimum Gasteiger partial charge on any atom is -0.332 e. The zero-order valence-electron chi connectivity index (χ0n) is 14.1. The van der Waals surface area contributed by atoms with Crippen LogP contribution in [0.3, 0.4) is 0 Å². The number of halogens is 7. The fraction of sp³-hybridized carbons (Fsp3) is 0.333. The number of pyridine rings is 1. The molecule has 1 aromatic carbocycles. The highest BCUT2D eigenvalue weighted by Gasteiger charge is 2.33. The molecule has 2 aromatic rings. The van der Waals surface area contributed by atoms with Crippen LogP contribution in [0.25, 0.3) is 0 Å². The third-order valence-corrected chi connectivity index (χ3v) is 4.22. The number of amides is 1. The highest BCUT2D eigenvalue weighted by molar-refractivity contribution is 5.95. The molecule has 0 unspecified atom stereocenters. The number of alkyl halides is 6. The molecule has 1 heterocycles. The second-order valence-corrected chi connectivity index (χ2v) is 6.48. The van der Waals surface area contributed by atoms with Crippen molar-refractivity contribution in [2.45, 2.75) is 31.7 Å². The van der Waals surface area contributed by atoms with E-state index in [1.165, 1.54) is 0 Å². The molecule has 0 atom stereocenters. The van der Waals surface area contributed by atoms with E-state index in [9.17, 15) is 35.5 Å². The number of benzene rings is 1. The Hall–Kier alpha value is -2.65. The van der Waals surface area contributed by atoms with Crippen LogP contribution in [0.5, 0.6) is 0 Å². The molecule has 0 saturated heterocycles. The van der Waals surface area contributed by atoms with Crippen LogP contribution in [0.15, 0.2) is 41.5 Å². The van der Waals surface area contributed by atoms with Crippen molar-refractivity contribution in [3.05, 3.63) is 64.5 Å². The van der Waals surface area contributed by atoms with Crippen molar-refractivity contribution in [3.8, 4) is 0 Å². The van der Waals surface area contributed by atoms with Gasteiger partial charge in [0.05, 0.1) is 16.7 Å². The molecule has 150 valence electrons. The van der Waals surface area contributed by atoms with E-state index in [0.29, 0.717) is 24.3 Å². The Kier molecular flexibility index (Phi) is 5.07. The zero-order chi connectivity index (χ0) is 20.7. The molecule has 1 aromatic heterocycles. The molecule has 1 aliphatic carbocycles. The van der Waals surface area contributed by atoms with Gasteiger partial charge in [0.1, 0.15) is 11.3 Å². The number of carbonyl (C=O) groups excluding carboxylic acids is 1. The lowest BCUT2D eigenvalue weighted by atomic mass is 10.1. The van der Waals surface area contributed by atoms with Gasteiger partial charge in [-0.3, -0.25) is 4.79 Å². The number of aromatic nitrogens is 1. The third-order valence-electron chi connectivity index (χ3n) is 4.22. The SMILES string of the molecule is O=C(/N=c1\ccc(C(F)(F)F)cn1CC1CC1)c1cc(C(F)(F)F)ccc1F. The molecule has 1 amide bonds. The Morgan fingerprint density at radius 2 is 1.61 bits per heavy atom. The lowest BCUT2D eigenvalue weighted by molar-refractivity contribution is -0.138. The quantitative estimate of drug-likeness (QED) is 0.674. The van der Waals surface area contributed by atoms with Gasteiger partial charge in [-0.1, -0.05) is 0 Å². The smallest absolute Gasteiger partial charge is 0.332 e. The fourth-order valence-electron chi connectivity index (χ4n) is 2.56. The molecular formula is C18H13F7N2O. The van der Waals surface area contributed by atoms with Crippen LogP contribution in [0.1, 0.15) is 34.3 Å². The van der Waals surface area contributed by atoms with Crippen LogP contribution in [-0.4, -0.2) is 10.5 Å². The third kappa shape index (κ3) is 4.60. The first-order valence-corrected chi connectivity index (χ1v) is 8.18. The summed E-state index contributed by atoms with van der Waals surface area (Å²) < 4.78 is 92.1. The fourth-order valence-corrected chi connectivity index (χ4v) is 2.56. The first-order valence-electron chi connectivity index (χ1n) is 8.18. The van der Waals surface area contributed by atoms with Gasteiger partial charge in [0.15, 0.2) is 0 Å². The van der Waals surface area contributed by atoms with Gasteiger partial charge >= 0.3 is 12.4 Å². The Morgan fingerprint density at radius 3 is 2.18 bits per heavy atom. The lowest BCUT2D eigenvalue weighted by Gasteiger charge is -2.12. The first kappa shape index (κ1) is 20.1. The Labute approximate surface area is 154 Å². The Bertz CT molecular complexity index is 969. The van der Waals surface area contributed by atoms with E-state index in [1.54, 1.807) is 0 Å². The van der Waals surface area contributed by atoms with Gasteiger partial charge in [-0.2, -0.15) is 31.3 Å². The number of hydrogen-bond acceptors (Lipinski definition) is 1. The standard InChI is InChI=1S/C18H13F7N2O/c19-14-5-3-11(17(20,21)22)7-13(14)16(28)26-15-6-4-12(18(23,24)25)9-27(15)8-10-1-2-10/h3-7,9-10H,1-2,8H2/b26-15+. The van der Waals surface area contributed by atoms with Gasteiger partial charge in [-0.25, -0.2) is 4.39 Å². The second kappa shape index (κ2) is 7.06. The highest BCUT2D eigenvalue weighted by atomic mass is 19.4. The molecule has 0 radical (unpaired) electrons. The predicted molar refractivity (Wildman–Crippen MR) is 83.5 cm³/mol. The summed E-state index contributed by atoms with van der Waals surface area (Å²) in [5.74, 6) is -2.39. The maximum absolute atomic E-state index is 13.8. The van der Waals surface area contributed by atoms with Crippen molar-refractivity contribution >= 4 is 5.91 Å². The van der Waals surface area contributed by atoms with Crippen LogP contribution in [0, 0.1) is 11.7 Å².